The van der Waals surface area contributed by atoms with Crippen molar-refractivity contribution in [2.45, 2.75) is 0 Å². The van der Waals surface area contributed by atoms with Crippen LogP contribution in [0.2, 0.25) is 0 Å². The first-order valence-electron chi connectivity index (χ1n) is 8.02. The van der Waals surface area contributed by atoms with Crippen LogP contribution in [0, 0.1) is 17.5 Å². The fourth-order valence-corrected chi connectivity index (χ4v) is 2.70. The number of amides is 1. The molecule has 2 N–H and O–H groups in total. The summed E-state index contributed by atoms with van der Waals surface area (Å²) >= 11 is 0. The van der Waals surface area contributed by atoms with Gasteiger partial charge >= 0.3 is 0 Å². The molecule has 0 aliphatic rings. The highest BCUT2D eigenvalue weighted by atomic mass is 19.1. The molecular formula is C20H12F3N3O. The third-order valence-corrected chi connectivity index (χ3v) is 4.03. The van der Waals surface area contributed by atoms with Gasteiger partial charge in [-0.2, -0.15) is 0 Å². The van der Waals surface area contributed by atoms with Crippen molar-refractivity contribution >= 4 is 22.6 Å². The maximum absolute atomic E-state index is 13.7. The molecule has 3 aromatic carbocycles. The van der Waals surface area contributed by atoms with Gasteiger partial charge in [0.2, 0.25) is 0 Å². The van der Waals surface area contributed by atoms with E-state index in [-0.39, 0.29) is 11.4 Å². The zero-order valence-corrected chi connectivity index (χ0v) is 13.8. The van der Waals surface area contributed by atoms with E-state index >= 15 is 0 Å². The molecule has 0 fully saturated rings. The Morgan fingerprint density at radius 1 is 0.889 bits per heavy atom. The van der Waals surface area contributed by atoms with Crippen molar-refractivity contribution in [1.82, 2.24) is 9.97 Å². The van der Waals surface area contributed by atoms with Gasteiger partial charge in [-0.1, -0.05) is 0 Å². The Labute approximate surface area is 151 Å². The summed E-state index contributed by atoms with van der Waals surface area (Å²) in [5.41, 5.74) is 1.96. The average molecular weight is 367 g/mol. The Hall–Kier alpha value is -3.61. The number of H-pyrrole nitrogens is 1. The molecule has 4 rings (SSSR count). The number of aromatic amines is 1. The molecule has 0 saturated heterocycles. The number of nitrogens with one attached hydrogen (secondary N) is 2. The van der Waals surface area contributed by atoms with Crippen molar-refractivity contribution in [2.75, 3.05) is 5.32 Å². The molecule has 1 heterocycles. The molecule has 0 bridgehead atoms. The second-order valence-electron chi connectivity index (χ2n) is 5.90. The normalized spacial score (nSPS) is 10.9. The lowest BCUT2D eigenvalue weighted by molar-refractivity contribution is 0.102. The van der Waals surface area contributed by atoms with Gasteiger partial charge in [-0.3, -0.25) is 4.79 Å². The molecule has 7 heteroatoms. The number of halogens is 3. The van der Waals surface area contributed by atoms with Crippen molar-refractivity contribution in [3.8, 4) is 11.4 Å². The van der Waals surface area contributed by atoms with Gasteiger partial charge in [0.1, 0.15) is 23.3 Å². The lowest BCUT2D eigenvalue weighted by Gasteiger charge is -2.07. The van der Waals surface area contributed by atoms with Gasteiger partial charge in [0.05, 0.1) is 16.6 Å². The van der Waals surface area contributed by atoms with Gasteiger partial charge in [0, 0.05) is 11.3 Å². The quantitative estimate of drug-likeness (QED) is 0.541. The number of carbonyl (C=O) groups excluding carboxylic acids is 1. The molecule has 0 aliphatic heterocycles. The molecule has 0 atom stereocenters. The Morgan fingerprint density at radius 2 is 1.59 bits per heavy atom. The van der Waals surface area contributed by atoms with Crippen LogP contribution in [0.3, 0.4) is 0 Å². The average Bonchev–Trinajstić information content (AvgIpc) is 3.07. The van der Waals surface area contributed by atoms with Crippen LogP contribution >= 0.6 is 0 Å². The number of hydrogen-bond donors (Lipinski definition) is 2. The summed E-state index contributed by atoms with van der Waals surface area (Å²) in [5, 5.41) is 2.51. The number of benzene rings is 3. The third kappa shape index (κ3) is 3.39. The zero-order valence-electron chi connectivity index (χ0n) is 13.8. The van der Waals surface area contributed by atoms with Crippen molar-refractivity contribution in [1.29, 1.82) is 0 Å². The summed E-state index contributed by atoms with van der Waals surface area (Å²) in [6, 6.07) is 13.6. The summed E-state index contributed by atoms with van der Waals surface area (Å²) in [6.45, 7) is 0. The van der Waals surface area contributed by atoms with Gasteiger partial charge in [-0.15, -0.1) is 0 Å². The van der Waals surface area contributed by atoms with Crippen molar-refractivity contribution < 1.29 is 18.0 Å². The summed E-state index contributed by atoms with van der Waals surface area (Å²) in [6.07, 6.45) is 0. The smallest absolute Gasteiger partial charge is 0.258 e. The third-order valence-electron chi connectivity index (χ3n) is 4.03. The van der Waals surface area contributed by atoms with E-state index in [0.29, 0.717) is 22.5 Å². The molecule has 1 aromatic heterocycles. The molecule has 0 aliphatic carbocycles. The Kier molecular flexibility index (Phi) is 4.12. The van der Waals surface area contributed by atoms with Crippen LogP contribution in [0.15, 0.2) is 60.7 Å². The van der Waals surface area contributed by atoms with Crippen LogP contribution in [-0.2, 0) is 0 Å². The second kappa shape index (κ2) is 6.60. The molecule has 4 nitrogen and oxygen atoms in total. The summed E-state index contributed by atoms with van der Waals surface area (Å²) in [5.74, 6) is -2.07. The monoisotopic (exact) mass is 367 g/mol. The number of nitrogens with zero attached hydrogens (tertiary/aromatic N) is 1. The standard InChI is InChI=1S/C20H12F3N3O/c21-12-3-7-16(23)15(9-12)20(27)24-14-5-1-11(2-6-14)19-25-17-8-4-13(22)10-18(17)26-19/h1-10H,(H,24,27)(H,25,26). The predicted molar refractivity (Wildman–Crippen MR) is 95.8 cm³/mol. The molecule has 0 radical (unpaired) electrons. The van der Waals surface area contributed by atoms with E-state index in [1.807, 2.05) is 0 Å². The SMILES string of the molecule is O=C(Nc1ccc(-c2nc3ccc(F)cc3[nH]2)cc1)c1cc(F)ccc1F. The van der Waals surface area contributed by atoms with Crippen molar-refractivity contribution in [3.05, 3.63) is 83.7 Å². The zero-order chi connectivity index (χ0) is 19.0. The minimum absolute atomic E-state index is 0.361. The largest absolute Gasteiger partial charge is 0.338 e. The lowest BCUT2D eigenvalue weighted by atomic mass is 10.1. The first-order chi connectivity index (χ1) is 13.0. The first-order valence-corrected chi connectivity index (χ1v) is 8.02. The summed E-state index contributed by atoms with van der Waals surface area (Å²) < 4.78 is 40.2. The van der Waals surface area contributed by atoms with E-state index < -0.39 is 17.5 Å². The highest BCUT2D eigenvalue weighted by molar-refractivity contribution is 6.04. The topological polar surface area (TPSA) is 57.8 Å². The van der Waals surface area contributed by atoms with Crippen LogP contribution in [-0.4, -0.2) is 15.9 Å². The predicted octanol–water partition coefficient (Wildman–Crippen LogP) is 4.90. The number of carbonyl (C=O) groups is 1. The van der Waals surface area contributed by atoms with Crippen LogP contribution in [0.4, 0.5) is 18.9 Å². The number of rotatable bonds is 3. The fraction of sp³-hybridized carbons (Fsp3) is 0. The van der Waals surface area contributed by atoms with Gasteiger partial charge in [0.25, 0.3) is 5.91 Å². The van der Waals surface area contributed by atoms with E-state index in [1.165, 1.54) is 12.1 Å². The lowest BCUT2D eigenvalue weighted by Crippen LogP contribution is -2.14. The van der Waals surface area contributed by atoms with Gasteiger partial charge < -0.3 is 10.3 Å². The molecule has 0 unspecified atom stereocenters. The first kappa shape index (κ1) is 16.8. The van der Waals surface area contributed by atoms with E-state index in [4.69, 9.17) is 0 Å². The maximum Gasteiger partial charge on any atom is 0.258 e. The summed E-state index contributed by atoms with van der Waals surface area (Å²) in [7, 11) is 0. The van der Waals surface area contributed by atoms with Crippen LogP contribution < -0.4 is 5.32 Å². The molecular weight excluding hydrogens is 355 g/mol. The van der Waals surface area contributed by atoms with Gasteiger partial charge in [-0.05, 0) is 60.7 Å². The maximum atomic E-state index is 13.7. The molecule has 4 aromatic rings. The van der Waals surface area contributed by atoms with E-state index in [9.17, 15) is 18.0 Å². The van der Waals surface area contributed by atoms with E-state index in [2.05, 4.69) is 15.3 Å². The van der Waals surface area contributed by atoms with Gasteiger partial charge in [-0.25, -0.2) is 18.2 Å². The van der Waals surface area contributed by atoms with Crippen molar-refractivity contribution in [3.63, 3.8) is 0 Å². The Balaban J connectivity index is 1.56. The Morgan fingerprint density at radius 3 is 2.37 bits per heavy atom. The molecule has 27 heavy (non-hydrogen) atoms. The summed E-state index contributed by atoms with van der Waals surface area (Å²) in [4.78, 5) is 19.5. The van der Waals surface area contributed by atoms with E-state index in [1.54, 1.807) is 30.3 Å². The minimum atomic E-state index is -0.806. The van der Waals surface area contributed by atoms with Crippen LogP contribution in [0.5, 0.6) is 0 Å². The number of aromatic nitrogens is 2. The molecule has 0 spiro atoms. The van der Waals surface area contributed by atoms with Crippen LogP contribution in [0.1, 0.15) is 10.4 Å². The van der Waals surface area contributed by atoms with Gasteiger partial charge in [0.15, 0.2) is 0 Å². The van der Waals surface area contributed by atoms with Crippen molar-refractivity contribution in [2.24, 2.45) is 0 Å². The second-order valence-corrected chi connectivity index (χ2v) is 5.90. The fourth-order valence-electron chi connectivity index (χ4n) is 2.70. The Bertz CT molecular complexity index is 1150. The highest BCUT2D eigenvalue weighted by Gasteiger charge is 2.13. The highest BCUT2D eigenvalue weighted by Crippen LogP contribution is 2.23. The molecule has 0 saturated carbocycles. The number of imidazole rings is 1. The van der Waals surface area contributed by atoms with E-state index in [0.717, 1.165) is 23.8 Å². The number of hydrogen-bond acceptors (Lipinski definition) is 2. The molecule has 134 valence electrons. The molecule has 1 amide bonds. The minimum Gasteiger partial charge on any atom is -0.338 e. The number of fused-ring (bicyclic) bond motifs is 1. The number of anilines is 1. The van der Waals surface area contributed by atoms with Crippen LogP contribution in [0.25, 0.3) is 22.4 Å².